The fourth-order valence-corrected chi connectivity index (χ4v) is 2.88. The zero-order valence-electron chi connectivity index (χ0n) is 10.8. The lowest BCUT2D eigenvalue weighted by molar-refractivity contribution is 0.128. The van der Waals surface area contributed by atoms with Gasteiger partial charge in [0.2, 0.25) is 0 Å². The minimum atomic E-state index is -0.728. The third-order valence-electron chi connectivity index (χ3n) is 2.91. The number of aromatic nitrogens is 5. The van der Waals surface area contributed by atoms with Crippen LogP contribution in [0.15, 0.2) is 29.8 Å². The van der Waals surface area contributed by atoms with E-state index in [1.54, 1.807) is 0 Å². The fourth-order valence-electron chi connectivity index (χ4n) is 2.04. The molecule has 1 unspecified atom stereocenters. The average Bonchev–Trinajstić information content (AvgIpc) is 3.02. The highest BCUT2D eigenvalue weighted by Crippen LogP contribution is 2.19. The van der Waals surface area contributed by atoms with Crippen molar-refractivity contribution >= 4 is 21.6 Å². The van der Waals surface area contributed by atoms with E-state index in [0.29, 0.717) is 5.39 Å². The molecule has 3 aromatic heterocycles. The standard InChI is InChI=1S/C12H13N5O2S/c1-8-2-10-11(20-8)14-7-16(12(10)19)3-9(18)4-17-6-13-5-15-17/h2,5-7,9,18H,3-4H2,1H3. The van der Waals surface area contributed by atoms with E-state index in [1.807, 2.05) is 13.0 Å². The number of aryl methyl sites for hydroxylation is 1. The second-order valence-corrected chi connectivity index (χ2v) is 5.78. The van der Waals surface area contributed by atoms with E-state index in [-0.39, 0.29) is 18.6 Å². The fraction of sp³-hybridized carbons (Fsp3) is 0.333. The van der Waals surface area contributed by atoms with Gasteiger partial charge in [-0.15, -0.1) is 11.3 Å². The molecule has 0 spiro atoms. The summed E-state index contributed by atoms with van der Waals surface area (Å²) in [4.78, 5) is 22.1. The maximum absolute atomic E-state index is 12.3. The second-order valence-electron chi connectivity index (χ2n) is 4.55. The predicted molar refractivity (Wildman–Crippen MR) is 74.6 cm³/mol. The highest BCUT2D eigenvalue weighted by atomic mass is 32.1. The molecule has 8 heteroatoms. The van der Waals surface area contributed by atoms with Crippen molar-refractivity contribution in [2.75, 3.05) is 0 Å². The summed E-state index contributed by atoms with van der Waals surface area (Å²) >= 11 is 1.49. The zero-order valence-corrected chi connectivity index (χ0v) is 11.6. The number of hydrogen-bond donors (Lipinski definition) is 1. The van der Waals surface area contributed by atoms with Crippen LogP contribution in [0, 0.1) is 6.92 Å². The van der Waals surface area contributed by atoms with E-state index in [4.69, 9.17) is 0 Å². The number of thiophene rings is 1. The molecule has 0 bridgehead atoms. The van der Waals surface area contributed by atoms with Gasteiger partial charge in [-0.25, -0.2) is 9.97 Å². The summed E-state index contributed by atoms with van der Waals surface area (Å²) in [5, 5.41) is 14.5. The molecular weight excluding hydrogens is 278 g/mol. The number of fused-ring (bicyclic) bond motifs is 1. The van der Waals surface area contributed by atoms with Crippen LogP contribution in [0.25, 0.3) is 10.2 Å². The van der Waals surface area contributed by atoms with Gasteiger partial charge >= 0.3 is 0 Å². The molecule has 1 atom stereocenters. The van der Waals surface area contributed by atoms with E-state index in [1.165, 1.54) is 39.6 Å². The highest BCUT2D eigenvalue weighted by molar-refractivity contribution is 7.18. The minimum absolute atomic E-state index is 0.128. The molecule has 0 aliphatic rings. The van der Waals surface area contributed by atoms with Crippen LogP contribution in [-0.4, -0.2) is 35.5 Å². The van der Waals surface area contributed by atoms with Crippen LogP contribution in [-0.2, 0) is 13.1 Å². The van der Waals surface area contributed by atoms with E-state index in [2.05, 4.69) is 15.1 Å². The largest absolute Gasteiger partial charge is 0.389 e. The Kier molecular flexibility index (Phi) is 3.33. The van der Waals surface area contributed by atoms with Gasteiger partial charge in [0.25, 0.3) is 5.56 Å². The molecule has 0 radical (unpaired) electrons. The summed E-state index contributed by atoms with van der Waals surface area (Å²) in [5.74, 6) is 0. The topological polar surface area (TPSA) is 85.8 Å². The van der Waals surface area contributed by atoms with Crippen molar-refractivity contribution in [1.82, 2.24) is 24.3 Å². The molecule has 0 fully saturated rings. The monoisotopic (exact) mass is 291 g/mol. The number of aliphatic hydroxyl groups excluding tert-OH is 1. The van der Waals surface area contributed by atoms with Crippen molar-refractivity contribution in [2.24, 2.45) is 0 Å². The maximum atomic E-state index is 12.3. The minimum Gasteiger partial charge on any atom is -0.389 e. The predicted octanol–water partition coefficient (Wildman–Crippen LogP) is 0.419. The molecule has 3 rings (SSSR count). The van der Waals surface area contributed by atoms with Crippen LogP contribution in [0.3, 0.4) is 0 Å². The van der Waals surface area contributed by atoms with Crippen molar-refractivity contribution in [3.63, 3.8) is 0 Å². The van der Waals surface area contributed by atoms with Gasteiger partial charge in [0, 0.05) is 4.88 Å². The Morgan fingerprint density at radius 2 is 2.25 bits per heavy atom. The molecule has 3 aromatic rings. The summed E-state index contributed by atoms with van der Waals surface area (Å²) in [6, 6.07) is 1.83. The van der Waals surface area contributed by atoms with Crippen molar-refractivity contribution < 1.29 is 5.11 Å². The van der Waals surface area contributed by atoms with Gasteiger partial charge in [0.1, 0.15) is 17.5 Å². The van der Waals surface area contributed by atoms with E-state index >= 15 is 0 Å². The highest BCUT2D eigenvalue weighted by Gasteiger charge is 2.11. The Hall–Kier alpha value is -2.06. The first-order valence-corrected chi connectivity index (χ1v) is 6.91. The van der Waals surface area contributed by atoms with E-state index in [9.17, 15) is 9.90 Å². The first kappa shape index (κ1) is 12.9. The van der Waals surface area contributed by atoms with Crippen molar-refractivity contribution in [3.05, 3.63) is 40.3 Å². The Labute approximate surface area is 118 Å². The van der Waals surface area contributed by atoms with Crippen molar-refractivity contribution in [1.29, 1.82) is 0 Å². The molecule has 0 aliphatic heterocycles. The van der Waals surface area contributed by atoms with Crippen LogP contribution >= 0.6 is 11.3 Å². The Morgan fingerprint density at radius 1 is 1.40 bits per heavy atom. The summed E-state index contributed by atoms with van der Waals surface area (Å²) in [7, 11) is 0. The van der Waals surface area contributed by atoms with Crippen molar-refractivity contribution in [3.8, 4) is 0 Å². The Balaban J connectivity index is 1.83. The quantitative estimate of drug-likeness (QED) is 0.753. The lowest BCUT2D eigenvalue weighted by Crippen LogP contribution is -2.29. The molecule has 7 nitrogen and oxygen atoms in total. The SMILES string of the molecule is Cc1cc2c(=O)n(CC(O)Cn3cncn3)cnc2s1. The van der Waals surface area contributed by atoms with Gasteiger partial charge in [-0.1, -0.05) is 0 Å². The smallest absolute Gasteiger partial charge is 0.262 e. The van der Waals surface area contributed by atoms with Gasteiger partial charge in [0.15, 0.2) is 0 Å². The molecule has 104 valence electrons. The van der Waals surface area contributed by atoms with Gasteiger partial charge < -0.3 is 5.11 Å². The molecule has 0 aromatic carbocycles. The van der Waals surface area contributed by atoms with Crippen molar-refractivity contribution in [2.45, 2.75) is 26.1 Å². The molecule has 20 heavy (non-hydrogen) atoms. The molecule has 0 saturated heterocycles. The second kappa shape index (κ2) is 5.14. The molecule has 0 amide bonds. The Morgan fingerprint density at radius 3 is 3.00 bits per heavy atom. The van der Waals surface area contributed by atoms with E-state index in [0.717, 1.165) is 9.71 Å². The number of nitrogens with zero attached hydrogens (tertiary/aromatic N) is 5. The van der Waals surface area contributed by atoms with Gasteiger partial charge in [-0.05, 0) is 13.0 Å². The van der Waals surface area contributed by atoms with Crippen LogP contribution in [0.1, 0.15) is 4.88 Å². The normalized spacial score (nSPS) is 12.9. The molecule has 1 N–H and O–H groups in total. The average molecular weight is 291 g/mol. The summed E-state index contributed by atoms with van der Waals surface area (Å²) in [6.07, 6.45) is 3.68. The van der Waals surface area contributed by atoms with Crippen LogP contribution in [0.5, 0.6) is 0 Å². The lowest BCUT2D eigenvalue weighted by atomic mass is 10.3. The molecule has 0 aliphatic carbocycles. The third kappa shape index (κ3) is 2.47. The Bertz CT molecular complexity index is 777. The number of rotatable bonds is 4. The summed E-state index contributed by atoms with van der Waals surface area (Å²) in [6.45, 7) is 2.40. The first-order chi connectivity index (χ1) is 9.63. The van der Waals surface area contributed by atoms with Crippen LogP contribution < -0.4 is 5.56 Å². The molecule has 0 saturated carbocycles. The van der Waals surface area contributed by atoms with Crippen LogP contribution in [0.4, 0.5) is 0 Å². The maximum Gasteiger partial charge on any atom is 0.262 e. The molecule has 3 heterocycles. The summed E-state index contributed by atoms with van der Waals surface area (Å²) in [5.41, 5.74) is -0.128. The molecular formula is C12H13N5O2S. The zero-order chi connectivity index (χ0) is 14.1. The number of aliphatic hydroxyl groups is 1. The third-order valence-corrected chi connectivity index (χ3v) is 3.87. The van der Waals surface area contributed by atoms with Crippen LogP contribution in [0.2, 0.25) is 0 Å². The van der Waals surface area contributed by atoms with Gasteiger partial charge in [-0.2, -0.15) is 5.10 Å². The number of hydrogen-bond acceptors (Lipinski definition) is 6. The first-order valence-electron chi connectivity index (χ1n) is 6.09. The van der Waals surface area contributed by atoms with Gasteiger partial charge in [0.05, 0.1) is 30.9 Å². The van der Waals surface area contributed by atoms with Gasteiger partial charge in [-0.3, -0.25) is 14.0 Å². The van der Waals surface area contributed by atoms with E-state index < -0.39 is 6.10 Å². The summed E-state index contributed by atoms with van der Waals surface area (Å²) < 4.78 is 2.95. The lowest BCUT2D eigenvalue weighted by Gasteiger charge is -2.11.